The van der Waals surface area contributed by atoms with E-state index < -0.39 is 10.0 Å². The van der Waals surface area contributed by atoms with Crippen LogP contribution in [0.3, 0.4) is 0 Å². The summed E-state index contributed by atoms with van der Waals surface area (Å²) < 4.78 is 33.4. The van der Waals surface area contributed by atoms with Gasteiger partial charge >= 0.3 is 0 Å². The average molecular weight is 404 g/mol. The van der Waals surface area contributed by atoms with Gasteiger partial charge in [0.1, 0.15) is 0 Å². The first-order valence-electron chi connectivity index (χ1n) is 11.1. The number of sulfonamides is 1. The van der Waals surface area contributed by atoms with Gasteiger partial charge in [-0.25, -0.2) is 12.7 Å². The van der Waals surface area contributed by atoms with Crippen LogP contribution >= 0.6 is 0 Å². The molecule has 0 atom stereocenters. The normalized spacial score (nSPS) is 19.9. The number of hydrogen-bond acceptors (Lipinski definition) is 5. The fourth-order valence-corrected chi connectivity index (χ4v) is 6.32. The van der Waals surface area contributed by atoms with Crippen LogP contribution in [0.4, 0.5) is 0 Å². The molecule has 0 aromatic heterocycles. The van der Waals surface area contributed by atoms with E-state index in [2.05, 4.69) is 4.90 Å². The highest BCUT2D eigenvalue weighted by Crippen LogP contribution is 2.27. The van der Waals surface area contributed by atoms with E-state index in [0.29, 0.717) is 13.1 Å². The van der Waals surface area contributed by atoms with Crippen LogP contribution in [-0.4, -0.2) is 75.4 Å². The van der Waals surface area contributed by atoms with Gasteiger partial charge in [-0.2, -0.15) is 0 Å². The molecule has 1 saturated carbocycles. The topological polar surface area (TPSA) is 75.9 Å². The van der Waals surface area contributed by atoms with Crippen LogP contribution in [-0.2, 0) is 14.8 Å². The molecule has 1 heterocycles. The molecule has 0 radical (unpaired) electrons. The Kier molecular flexibility index (Phi) is 11.2. The van der Waals surface area contributed by atoms with E-state index >= 15 is 0 Å². The highest BCUT2D eigenvalue weighted by molar-refractivity contribution is 7.89. The molecule has 2 rings (SSSR count). The number of hydrogen-bond donors (Lipinski definition) is 1. The average Bonchev–Trinajstić information content (AvgIpc) is 3.22. The van der Waals surface area contributed by atoms with Crippen molar-refractivity contribution in [3.63, 3.8) is 0 Å². The van der Waals surface area contributed by atoms with Crippen LogP contribution in [0.5, 0.6) is 0 Å². The Morgan fingerprint density at radius 2 is 1.48 bits per heavy atom. The van der Waals surface area contributed by atoms with Crippen molar-refractivity contribution < 1.29 is 13.2 Å². The first-order valence-corrected chi connectivity index (χ1v) is 12.6. The number of morpholine rings is 1. The summed E-state index contributed by atoms with van der Waals surface area (Å²) >= 11 is 0. The van der Waals surface area contributed by atoms with Crippen LogP contribution in [0, 0.1) is 0 Å². The lowest BCUT2D eigenvalue weighted by Crippen LogP contribution is -2.41. The summed E-state index contributed by atoms with van der Waals surface area (Å²) in [6.07, 6.45) is 11.5. The molecule has 160 valence electrons. The molecule has 7 heteroatoms. The van der Waals surface area contributed by atoms with Crippen molar-refractivity contribution in [2.24, 2.45) is 5.73 Å². The van der Waals surface area contributed by atoms with Gasteiger partial charge in [0.15, 0.2) is 0 Å². The summed E-state index contributed by atoms with van der Waals surface area (Å²) in [7, 11) is -3.13. The molecule has 1 aliphatic heterocycles. The molecular formula is C20H41N3O3S. The monoisotopic (exact) mass is 403 g/mol. The molecule has 1 saturated heterocycles. The lowest BCUT2D eigenvalue weighted by Gasteiger charge is -2.29. The van der Waals surface area contributed by atoms with Gasteiger partial charge in [-0.15, -0.1) is 0 Å². The van der Waals surface area contributed by atoms with Crippen LogP contribution in [0.2, 0.25) is 0 Å². The summed E-state index contributed by atoms with van der Waals surface area (Å²) in [5.41, 5.74) is 5.53. The molecule has 0 unspecified atom stereocenters. The predicted molar refractivity (Wildman–Crippen MR) is 111 cm³/mol. The Morgan fingerprint density at radius 3 is 2.15 bits per heavy atom. The van der Waals surface area contributed by atoms with Gasteiger partial charge in [0.2, 0.25) is 10.0 Å². The minimum absolute atomic E-state index is 0.134. The van der Waals surface area contributed by atoms with Crippen molar-refractivity contribution in [2.45, 2.75) is 75.9 Å². The van der Waals surface area contributed by atoms with Gasteiger partial charge in [-0.1, -0.05) is 38.5 Å². The molecule has 0 bridgehead atoms. The Labute approximate surface area is 166 Å². The van der Waals surface area contributed by atoms with Crippen LogP contribution < -0.4 is 5.73 Å². The summed E-state index contributed by atoms with van der Waals surface area (Å²) in [6.45, 7) is 6.65. The maximum absolute atomic E-state index is 13.1. The molecule has 2 N–H and O–H groups in total. The van der Waals surface area contributed by atoms with E-state index in [4.69, 9.17) is 10.5 Å². The minimum Gasteiger partial charge on any atom is -0.379 e. The fraction of sp³-hybridized carbons (Fsp3) is 1.00. The zero-order valence-electron chi connectivity index (χ0n) is 17.1. The van der Waals surface area contributed by atoms with E-state index in [1.807, 2.05) is 4.31 Å². The zero-order chi connectivity index (χ0) is 19.4. The first-order chi connectivity index (χ1) is 13.1. The predicted octanol–water partition coefficient (Wildman–Crippen LogP) is 2.58. The first kappa shape index (κ1) is 23.1. The molecule has 0 spiro atoms. The van der Waals surface area contributed by atoms with Crippen LogP contribution in [0.25, 0.3) is 0 Å². The molecule has 0 aromatic rings. The number of rotatable bonds is 14. The second-order valence-corrected chi connectivity index (χ2v) is 10.3. The summed E-state index contributed by atoms with van der Waals surface area (Å²) in [5.74, 6) is 0. The van der Waals surface area contributed by atoms with Gasteiger partial charge in [0.05, 0.1) is 18.5 Å². The third-order valence-corrected chi connectivity index (χ3v) is 8.33. The van der Waals surface area contributed by atoms with Crippen LogP contribution in [0.15, 0.2) is 0 Å². The van der Waals surface area contributed by atoms with E-state index in [-0.39, 0.29) is 5.25 Å². The molecule has 2 fully saturated rings. The highest BCUT2D eigenvalue weighted by atomic mass is 32.2. The molecular weight excluding hydrogens is 362 g/mol. The number of nitrogens with zero attached hydrogens (tertiary/aromatic N) is 2. The lowest BCUT2D eigenvalue weighted by molar-refractivity contribution is 0.0369. The fourth-order valence-electron chi connectivity index (χ4n) is 4.20. The van der Waals surface area contributed by atoms with Gasteiger partial charge < -0.3 is 10.5 Å². The Morgan fingerprint density at radius 1 is 0.889 bits per heavy atom. The maximum atomic E-state index is 13.1. The minimum atomic E-state index is -3.13. The van der Waals surface area contributed by atoms with Gasteiger partial charge in [-0.05, 0) is 45.2 Å². The van der Waals surface area contributed by atoms with Crippen molar-refractivity contribution >= 4 is 10.0 Å². The van der Waals surface area contributed by atoms with Crippen molar-refractivity contribution in [2.75, 3.05) is 52.5 Å². The summed E-state index contributed by atoms with van der Waals surface area (Å²) in [6, 6.07) is 0. The largest absolute Gasteiger partial charge is 0.379 e. The Balaban J connectivity index is 1.76. The zero-order valence-corrected chi connectivity index (χ0v) is 17.9. The van der Waals surface area contributed by atoms with Gasteiger partial charge in [0, 0.05) is 26.2 Å². The number of ether oxygens (including phenoxy) is 1. The maximum Gasteiger partial charge on any atom is 0.216 e. The Hall–Kier alpha value is -0.210. The van der Waals surface area contributed by atoms with Crippen LogP contribution in [0.1, 0.15) is 70.6 Å². The molecule has 0 amide bonds. The second-order valence-electron chi connectivity index (χ2n) is 8.07. The SMILES string of the molecule is NCCCCCCCCN(CCCN1CCOCC1)S(=O)(=O)C1CCCC1. The molecule has 27 heavy (non-hydrogen) atoms. The van der Waals surface area contributed by atoms with Crippen molar-refractivity contribution in [3.05, 3.63) is 0 Å². The quantitative estimate of drug-likeness (QED) is 0.451. The summed E-state index contributed by atoms with van der Waals surface area (Å²) in [5, 5.41) is -0.134. The lowest BCUT2D eigenvalue weighted by atomic mass is 10.1. The van der Waals surface area contributed by atoms with Gasteiger partial charge in [0.25, 0.3) is 0 Å². The number of nitrogens with two attached hydrogens (primary N) is 1. The van der Waals surface area contributed by atoms with E-state index in [0.717, 1.165) is 90.8 Å². The second kappa shape index (κ2) is 13.1. The number of unbranched alkanes of at least 4 members (excludes halogenated alkanes) is 5. The Bertz CT molecular complexity index is 475. The molecule has 6 nitrogen and oxygen atoms in total. The van der Waals surface area contributed by atoms with Gasteiger partial charge in [-0.3, -0.25) is 4.90 Å². The molecule has 2 aliphatic rings. The van der Waals surface area contributed by atoms with E-state index in [1.165, 1.54) is 19.3 Å². The van der Waals surface area contributed by atoms with E-state index in [1.54, 1.807) is 0 Å². The standard InChI is InChI=1S/C20H41N3O3S/c21-12-7-3-1-2-4-8-14-23(27(24,25)20-10-5-6-11-20)15-9-13-22-16-18-26-19-17-22/h20H,1-19,21H2. The van der Waals surface area contributed by atoms with E-state index in [9.17, 15) is 8.42 Å². The molecule has 1 aliphatic carbocycles. The van der Waals surface area contributed by atoms with Crippen molar-refractivity contribution in [3.8, 4) is 0 Å². The van der Waals surface area contributed by atoms with Crippen molar-refractivity contribution in [1.29, 1.82) is 0 Å². The molecule has 0 aromatic carbocycles. The van der Waals surface area contributed by atoms with Crippen molar-refractivity contribution in [1.82, 2.24) is 9.21 Å². The summed E-state index contributed by atoms with van der Waals surface area (Å²) in [4.78, 5) is 2.39. The third-order valence-electron chi connectivity index (χ3n) is 5.93. The smallest absolute Gasteiger partial charge is 0.216 e. The third kappa shape index (κ3) is 8.36. The highest BCUT2D eigenvalue weighted by Gasteiger charge is 2.33.